The third-order valence-corrected chi connectivity index (χ3v) is 4.64. The molecule has 2 aromatic rings. The van der Waals surface area contributed by atoms with Gasteiger partial charge in [-0.1, -0.05) is 23.5 Å². The van der Waals surface area contributed by atoms with E-state index in [0.717, 1.165) is 10.2 Å². The molecule has 1 amide bonds. The molecule has 0 unspecified atom stereocenters. The van der Waals surface area contributed by atoms with Crippen LogP contribution in [0.5, 0.6) is 0 Å². The van der Waals surface area contributed by atoms with Crippen LogP contribution < -0.4 is 5.01 Å². The topological polar surface area (TPSA) is 81.1 Å². The molecule has 2 heterocycles. The Bertz CT molecular complexity index is 867. The summed E-state index contributed by atoms with van der Waals surface area (Å²) in [6, 6.07) is 7.59. The van der Waals surface area contributed by atoms with Crippen LogP contribution >= 0.6 is 11.3 Å². The average Bonchev–Trinajstić information content (AvgIpc) is 3.15. The first kappa shape index (κ1) is 17.1. The third kappa shape index (κ3) is 3.25. The van der Waals surface area contributed by atoms with Gasteiger partial charge in [0.1, 0.15) is 11.3 Å². The third-order valence-electron chi connectivity index (χ3n) is 3.63. The predicted molar refractivity (Wildman–Crippen MR) is 95.5 cm³/mol. The number of allylic oxidation sites excluding steroid dienone is 1. The molecular formula is C17H17N3O4S. The van der Waals surface area contributed by atoms with E-state index in [1.807, 2.05) is 31.2 Å². The molecule has 25 heavy (non-hydrogen) atoms. The molecule has 1 aromatic carbocycles. The largest absolute Gasteiger partial charge is 0.498 e. The van der Waals surface area contributed by atoms with E-state index in [0.29, 0.717) is 23.2 Å². The van der Waals surface area contributed by atoms with Crippen molar-refractivity contribution in [3.63, 3.8) is 0 Å². The number of esters is 1. The molecule has 3 rings (SSSR count). The van der Waals surface area contributed by atoms with Crippen molar-refractivity contribution in [3.05, 3.63) is 35.6 Å². The van der Waals surface area contributed by atoms with Gasteiger partial charge in [-0.2, -0.15) is 10.1 Å². The minimum atomic E-state index is -0.473. The molecular weight excluding hydrogens is 342 g/mol. The summed E-state index contributed by atoms with van der Waals surface area (Å²) in [6.45, 7) is 3.92. The highest BCUT2D eigenvalue weighted by atomic mass is 32.1. The van der Waals surface area contributed by atoms with Gasteiger partial charge in [0, 0.05) is 0 Å². The molecule has 8 heteroatoms. The smallest absolute Gasteiger partial charge is 0.311 e. The van der Waals surface area contributed by atoms with Gasteiger partial charge in [-0.25, -0.2) is 4.98 Å². The van der Waals surface area contributed by atoms with Gasteiger partial charge >= 0.3 is 5.97 Å². The van der Waals surface area contributed by atoms with Crippen LogP contribution in [0.25, 0.3) is 10.2 Å². The fourth-order valence-electron chi connectivity index (χ4n) is 2.50. The lowest BCUT2D eigenvalue weighted by atomic mass is 10.1. The molecule has 1 aliphatic rings. The number of thiazole rings is 1. The summed E-state index contributed by atoms with van der Waals surface area (Å²) >= 11 is 1.36. The monoisotopic (exact) mass is 359 g/mol. The van der Waals surface area contributed by atoms with Crippen molar-refractivity contribution in [2.75, 3.05) is 18.7 Å². The lowest BCUT2D eigenvalue weighted by Crippen LogP contribution is -2.22. The summed E-state index contributed by atoms with van der Waals surface area (Å²) in [5, 5.41) is 5.99. The Kier molecular flexibility index (Phi) is 4.80. The maximum absolute atomic E-state index is 12.9. The number of carbonyl (C=O) groups is 2. The number of hydrogen-bond donors (Lipinski definition) is 0. The van der Waals surface area contributed by atoms with Crippen LogP contribution in [0.4, 0.5) is 5.13 Å². The molecule has 7 nitrogen and oxygen atoms in total. The van der Waals surface area contributed by atoms with E-state index in [9.17, 15) is 9.59 Å². The van der Waals surface area contributed by atoms with Crippen molar-refractivity contribution in [2.24, 2.45) is 5.10 Å². The number of ether oxygens (including phenoxy) is 2. The van der Waals surface area contributed by atoms with Crippen LogP contribution in [0.1, 0.15) is 20.3 Å². The number of benzene rings is 1. The second-order valence-corrected chi connectivity index (χ2v) is 6.25. The normalized spacial score (nSPS) is 16.2. The van der Waals surface area contributed by atoms with Crippen molar-refractivity contribution in [1.29, 1.82) is 0 Å². The number of anilines is 1. The van der Waals surface area contributed by atoms with Crippen LogP contribution in [0.15, 0.2) is 40.7 Å². The van der Waals surface area contributed by atoms with Crippen LogP contribution in [0.2, 0.25) is 0 Å². The van der Waals surface area contributed by atoms with E-state index >= 15 is 0 Å². The summed E-state index contributed by atoms with van der Waals surface area (Å²) in [4.78, 5) is 29.0. The first-order valence-corrected chi connectivity index (χ1v) is 8.55. The molecule has 1 aliphatic heterocycles. The van der Waals surface area contributed by atoms with Gasteiger partial charge in [-0.15, -0.1) is 0 Å². The maximum atomic E-state index is 12.9. The molecule has 0 spiro atoms. The van der Waals surface area contributed by atoms with Crippen molar-refractivity contribution in [2.45, 2.75) is 20.3 Å². The molecule has 0 fully saturated rings. The van der Waals surface area contributed by atoms with Gasteiger partial charge in [0.15, 0.2) is 0 Å². The molecule has 0 saturated heterocycles. The van der Waals surface area contributed by atoms with E-state index < -0.39 is 5.97 Å². The maximum Gasteiger partial charge on any atom is 0.311 e. The van der Waals surface area contributed by atoms with Gasteiger partial charge in [-0.05, 0) is 26.0 Å². The minimum Gasteiger partial charge on any atom is -0.498 e. The SMILES string of the molecule is CCO/C(C)=C1/C(=O)N(c2nc3ccccc3s2)N=C1CC(=O)OC. The first-order valence-electron chi connectivity index (χ1n) is 7.73. The number of para-hydroxylation sites is 1. The van der Waals surface area contributed by atoms with Gasteiger partial charge in [0.25, 0.3) is 5.91 Å². The number of aromatic nitrogens is 1. The van der Waals surface area contributed by atoms with Crippen LogP contribution in [0, 0.1) is 0 Å². The Morgan fingerprint density at radius 3 is 2.76 bits per heavy atom. The summed E-state index contributed by atoms with van der Waals surface area (Å²) in [5.41, 5.74) is 1.40. The van der Waals surface area contributed by atoms with Crippen molar-refractivity contribution in [3.8, 4) is 0 Å². The first-order chi connectivity index (χ1) is 12.0. The standard InChI is InChI=1S/C17H17N3O4S/c1-4-24-10(2)15-12(9-14(21)23-3)19-20(16(15)22)17-18-11-7-5-6-8-13(11)25-17/h5-8H,4,9H2,1-3H3/b15-10+. The van der Waals surface area contributed by atoms with Gasteiger partial charge in [0.2, 0.25) is 5.13 Å². The van der Waals surface area contributed by atoms with Gasteiger partial charge in [-0.3, -0.25) is 9.59 Å². The van der Waals surface area contributed by atoms with Crippen LogP contribution in [-0.2, 0) is 19.1 Å². The van der Waals surface area contributed by atoms with Gasteiger partial charge < -0.3 is 9.47 Å². The Morgan fingerprint density at radius 1 is 1.32 bits per heavy atom. The highest BCUT2D eigenvalue weighted by Gasteiger charge is 2.36. The lowest BCUT2D eigenvalue weighted by Gasteiger charge is -2.09. The number of methoxy groups -OCH3 is 1. The number of nitrogens with zero attached hydrogens (tertiary/aromatic N) is 3. The number of amides is 1. The van der Waals surface area contributed by atoms with E-state index in [1.54, 1.807) is 6.92 Å². The Hall–Kier alpha value is -2.74. The zero-order valence-corrected chi connectivity index (χ0v) is 14.9. The second-order valence-electron chi connectivity index (χ2n) is 5.24. The molecule has 0 N–H and O–H groups in total. The van der Waals surface area contributed by atoms with Gasteiger partial charge in [0.05, 0.1) is 36.1 Å². The summed E-state index contributed by atoms with van der Waals surface area (Å²) in [7, 11) is 1.30. The summed E-state index contributed by atoms with van der Waals surface area (Å²) in [5.74, 6) is -0.401. The highest BCUT2D eigenvalue weighted by Crippen LogP contribution is 2.33. The molecule has 0 aliphatic carbocycles. The van der Waals surface area contributed by atoms with Crippen molar-refractivity contribution in [1.82, 2.24) is 4.98 Å². The van der Waals surface area contributed by atoms with E-state index in [2.05, 4.69) is 10.1 Å². The molecule has 0 bridgehead atoms. The Balaban J connectivity index is 2.03. The molecule has 130 valence electrons. The van der Waals surface area contributed by atoms with Crippen LogP contribution in [0.3, 0.4) is 0 Å². The van der Waals surface area contributed by atoms with E-state index in [-0.39, 0.29) is 17.9 Å². The number of rotatable bonds is 5. The zero-order valence-electron chi connectivity index (χ0n) is 14.1. The molecule has 0 atom stereocenters. The lowest BCUT2D eigenvalue weighted by molar-refractivity contribution is -0.139. The van der Waals surface area contributed by atoms with E-state index in [4.69, 9.17) is 9.47 Å². The fraction of sp³-hybridized carbons (Fsp3) is 0.294. The van der Waals surface area contributed by atoms with Crippen molar-refractivity contribution < 1.29 is 19.1 Å². The Morgan fingerprint density at radius 2 is 2.08 bits per heavy atom. The zero-order chi connectivity index (χ0) is 18.0. The number of carbonyl (C=O) groups excluding carboxylic acids is 2. The molecule has 0 saturated carbocycles. The molecule has 1 aromatic heterocycles. The minimum absolute atomic E-state index is 0.108. The van der Waals surface area contributed by atoms with Crippen molar-refractivity contribution >= 4 is 44.3 Å². The highest BCUT2D eigenvalue weighted by molar-refractivity contribution is 7.22. The number of hydrogen-bond acceptors (Lipinski definition) is 7. The summed E-state index contributed by atoms with van der Waals surface area (Å²) < 4.78 is 11.1. The average molecular weight is 359 g/mol. The predicted octanol–water partition coefficient (Wildman–Crippen LogP) is 2.87. The Labute approximate surface area is 148 Å². The quantitative estimate of drug-likeness (QED) is 0.466. The number of hydrazone groups is 1. The summed E-state index contributed by atoms with van der Waals surface area (Å²) in [6.07, 6.45) is -0.108. The van der Waals surface area contributed by atoms with Crippen LogP contribution in [-0.4, -0.2) is 36.3 Å². The molecule has 0 radical (unpaired) electrons. The van der Waals surface area contributed by atoms with E-state index in [1.165, 1.54) is 23.5 Å². The second kappa shape index (κ2) is 7.02. The fourth-order valence-corrected chi connectivity index (χ4v) is 3.42. The number of fused-ring (bicyclic) bond motifs is 1.